The molecule has 40 heavy (non-hydrogen) atoms. The van der Waals surface area contributed by atoms with E-state index in [9.17, 15) is 9.90 Å². The van der Waals surface area contributed by atoms with Gasteiger partial charge in [0.1, 0.15) is 11.9 Å². The first-order valence-electron chi connectivity index (χ1n) is 15.3. The Labute approximate surface area is 236 Å². The lowest BCUT2D eigenvalue weighted by molar-refractivity contribution is 0.0697. The second-order valence-corrected chi connectivity index (χ2v) is 11.9. The molecule has 0 amide bonds. The number of alkyl halides is 1. The Balaban J connectivity index is 1.50. The minimum Gasteiger partial charge on any atom is -0.494 e. The zero-order valence-electron chi connectivity index (χ0n) is 23.7. The number of carboxylic acid groups (broad SMARTS) is 1. The molecular formula is C33H42FN3O3. The van der Waals surface area contributed by atoms with Crippen molar-refractivity contribution >= 4 is 16.9 Å². The van der Waals surface area contributed by atoms with Gasteiger partial charge in [0, 0.05) is 55.1 Å². The molecule has 0 bridgehead atoms. The van der Waals surface area contributed by atoms with Crippen LogP contribution in [0.3, 0.4) is 0 Å². The quantitative estimate of drug-likeness (QED) is 0.340. The van der Waals surface area contributed by atoms with E-state index >= 15 is 4.39 Å². The van der Waals surface area contributed by atoms with Crippen LogP contribution in [-0.2, 0) is 13.1 Å². The highest BCUT2D eigenvalue weighted by atomic mass is 19.1. The Hall–Kier alpha value is -2.90. The van der Waals surface area contributed by atoms with Crippen LogP contribution in [0.25, 0.3) is 22.2 Å². The Morgan fingerprint density at radius 2 is 1.77 bits per heavy atom. The Kier molecular flexibility index (Phi) is 8.12. The van der Waals surface area contributed by atoms with Crippen LogP contribution in [0, 0.1) is 0 Å². The molecule has 3 aromatic rings. The normalized spacial score (nSPS) is 22.1. The molecule has 1 aliphatic carbocycles. The smallest absolute Gasteiger partial charge is 0.335 e. The van der Waals surface area contributed by atoms with Crippen molar-refractivity contribution < 1.29 is 19.0 Å². The molecule has 1 saturated heterocycles. The summed E-state index contributed by atoms with van der Waals surface area (Å²) < 4.78 is 24.0. The van der Waals surface area contributed by atoms with Crippen LogP contribution in [0.2, 0.25) is 0 Å². The van der Waals surface area contributed by atoms with Crippen LogP contribution in [0.4, 0.5) is 4.39 Å². The number of likely N-dealkylation sites (tertiary alicyclic amines) is 1. The van der Waals surface area contributed by atoms with Gasteiger partial charge < -0.3 is 19.3 Å². The van der Waals surface area contributed by atoms with E-state index in [1.54, 1.807) is 12.1 Å². The number of rotatable bonds is 8. The number of carboxylic acids is 1. The SMILES string of the molecule is CCCOc1ccc2c(c1)CN(CCN1CCCC1)CCn1c-2c([C@@H]2CCCC[C@H]2F)c2ccc(C(=O)O)cc21. The molecule has 6 nitrogen and oxygen atoms in total. The molecule has 2 fully saturated rings. The Bertz CT molecular complexity index is 1360. The molecule has 1 aromatic heterocycles. The van der Waals surface area contributed by atoms with Crippen molar-refractivity contribution in [3.8, 4) is 17.0 Å². The van der Waals surface area contributed by atoms with Crippen molar-refractivity contribution in [2.24, 2.45) is 0 Å². The van der Waals surface area contributed by atoms with E-state index in [1.807, 2.05) is 12.1 Å². The van der Waals surface area contributed by atoms with Crippen molar-refractivity contribution in [3.05, 3.63) is 53.1 Å². The second-order valence-electron chi connectivity index (χ2n) is 11.9. The maximum Gasteiger partial charge on any atom is 0.335 e. The zero-order valence-corrected chi connectivity index (χ0v) is 23.7. The molecular weight excluding hydrogens is 505 g/mol. The lowest BCUT2D eigenvalue weighted by atomic mass is 9.80. The molecule has 3 heterocycles. The first-order valence-corrected chi connectivity index (χ1v) is 15.3. The van der Waals surface area contributed by atoms with Gasteiger partial charge in [-0.25, -0.2) is 9.18 Å². The predicted molar refractivity (Wildman–Crippen MR) is 157 cm³/mol. The summed E-state index contributed by atoms with van der Waals surface area (Å²) in [7, 11) is 0. The monoisotopic (exact) mass is 547 g/mol. The van der Waals surface area contributed by atoms with Gasteiger partial charge in [-0.3, -0.25) is 4.90 Å². The van der Waals surface area contributed by atoms with Crippen LogP contribution >= 0.6 is 0 Å². The number of aromatic nitrogens is 1. The van der Waals surface area contributed by atoms with Gasteiger partial charge in [0.2, 0.25) is 0 Å². The highest BCUT2D eigenvalue weighted by molar-refractivity contribution is 5.98. The van der Waals surface area contributed by atoms with Gasteiger partial charge in [-0.2, -0.15) is 0 Å². The highest BCUT2D eigenvalue weighted by Gasteiger charge is 2.34. The van der Waals surface area contributed by atoms with E-state index in [4.69, 9.17) is 4.74 Å². The van der Waals surface area contributed by atoms with Gasteiger partial charge in [0.25, 0.3) is 0 Å². The van der Waals surface area contributed by atoms with Crippen molar-refractivity contribution in [2.75, 3.05) is 39.3 Å². The van der Waals surface area contributed by atoms with Crippen molar-refractivity contribution in [1.29, 1.82) is 0 Å². The summed E-state index contributed by atoms with van der Waals surface area (Å²) in [6, 6.07) is 11.8. The third-order valence-corrected chi connectivity index (χ3v) is 9.17. The van der Waals surface area contributed by atoms with E-state index in [2.05, 4.69) is 33.4 Å². The van der Waals surface area contributed by atoms with E-state index in [0.717, 1.165) is 91.9 Å². The summed E-state index contributed by atoms with van der Waals surface area (Å²) in [5.74, 6) is -0.243. The molecule has 0 unspecified atom stereocenters. The fourth-order valence-corrected chi connectivity index (χ4v) is 7.10. The fourth-order valence-electron chi connectivity index (χ4n) is 7.10. The fraction of sp³-hybridized carbons (Fsp3) is 0.545. The number of carbonyl (C=O) groups is 1. The van der Waals surface area contributed by atoms with Gasteiger partial charge in [0.05, 0.1) is 17.9 Å². The molecule has 2 atom stereocenters. The third kappa shape index (κ3) is 5.38. The largest absolute Gasteiger partial charge is 0.494 e. The molecule has 214 valence electrons. The number of hydrogen-bond acceptors (Lipinski definition) is 4. The summed E-state index contributed by atoms with van der Waals surface area (Å²) in [4.78, 5) is 17.1. The van der Waals surface area contributed by atoms with Crippen LogP contribution in [0.1, 0.15) is 79.3 Å². The van der Waals surface area contributed by atoms with Gasteiger partial charge in [-0.05, 0) is 86.7 Å². The first-order chi connectivity index (χ1) is 19.5. The summed E-state index contributed by atoms with van der Waals surface area (Å²) in [5, 5.41) is 10.8. The summed E-state index contributed by atoms with van der Waals surface area (Å²) in [6.07, 6.45) is 5.98. The topological polar surface area (TPSA) is 57.9 Å². The van der Waals surface area contributed by atoms with Gasteiger partial charge in [-0.15, -0.1) is 0 Å². The third-order valence-electron chi connectivity index (χ3n) is 9.17. The van der Waals surface area contributed by atoms with Crippen LogP contribution < -0.4 is 4.74 Å². The molecule has 0 spiro atoms. The van der Waals surface area contributed by atoms with E-state index in [0.29, 0.717) is 13.0 Å². The zero-order chi connectivity index (χ0) is 27.6. The lowest BCUT2D eigenvalue weighted by Gasteiger charge is -2.31. The number of aromatic carboxylic acids is 1. The number of fused-ring (bicyclic) bond motifs is 5. The predicted octanol–water partition coefficient (Wildman–Crippen LogP) is 6.70. The Morgan fingerprint density at radius 3 is 2.55 bits per heavy atom. The molecule has 1 saturated carbocycles. The number of halogens is 1. The van der Waals surface area contributed by atoms with E-state index in [1.165, 1.54) is 31.5 Å². The summed E-state index contributed by atoms with van der Waals surface area (Å²) >= 11 is 0. The maximum atomic E-state index is 15.7. The molecule has 2 aliphatic heterocycles. The maximum absolute atomic E-state index is 15.7. The van der Waals surface area contributed by atoms with Gasteiger partial charge in [0.15, 0.2) is 0 Å². The average Bonchev–Trinajstić information content (AvgIpc) is 3.58. The van der Waals surface area contributed by atoms with Crippen LogP contribution in [0.5, 0.6) is 5.75 Å². The molecule has 6 rings (SSSR count). The highest BCUT2D eigenvalue weighted by Crippen LogP contribution is 2.47. The van der Waals surface area contributed by atoms with Crippen LogP contribution in [-0.4, -0.2) is 70.9 Å². The van der Waals surface area contributed by atoms with E-state index < -0.39 is 12.1 Å². The standard InChI is InChI=1S/C33H42FN3O3/c1-2-19-40-25-10-12-26-24(20-25)22-36(16-15-35-13-5-6-14-35)17-18-37-30-21-23(33(38)39)9-11-28(30)31(32(26)37)27-7-3-4-8-29(27)34/h9-12,20-21,27,29H,2-8,13-19,22H2,1H3,(H,38,39)/t27-,29-/m1/s1. The minimum absolute atomic E-state index is 0.183. The van der Waals surface area contributed by atoms with Gasteiger partial charge in [-0.1, -0.05) is 25.8 Å². The minimum atomic E-state index is -0.934. The summed E-state index contributed by atoms with van der Waals surface area (Å²) in [5.41, 5.74) is 5.63. The van der Waals surface area contributed by atoms with Crippen molar-refractivity contribution in [3.63, 3.8) is 0 Å². The second kappa shape index (κ2) is 11.9. The first kappa shape index (κ1) is 27.3. The average molecular weight is 548 g/mol. The molecule has 7 heteroatoms. The number of ether oxygens (including phenoxy) is 1. The number of benzene rings is 2. The number of nitrogens with zero attached hydrogens (tertiary/aromatic N) is 3. The van der Waals surface area contributed by atoms with Crippen molar-refractivity contribution in [1.82, 2.24) is 14.4 Å². The van der Waals surface area contributed by atoms with Gasteiger partial charge >= 0.3 is 5.97 Å². The molecule has 1 N–H and O–H groups in total. The number of hydrogen-bond donors (Lipinski definition) is 1. The lowest BCUT2D eigenvalue weighted by Crippen LogP contribution is -2.36. The Morgan fingerprint density at radius 1 is 0.975 bits per heavy atom. The molecule has 2 aromatic carbocycles. The molecule has 0 radical (unpaired) electrons. The van der Waals surface area contributed by atoms with E-state index in [-0.39, 0.29) is 11.5 Å². The van der Waals surface area contributed by atoms with Crippen molar-refractivity contribution in [2.45, 2.75) is 77.0 Å². The summed E-state index contributed by atoms with van der Waals surface area (Å²) in [6.45, 7) is 9.59. The van der Waals surface area contributed by atoms with Crippen LogP contribution in [0.15, 0.2) is 36.4 Å². The molecule has 3 aliphatic rings.